The van der Waals surface area contributed by atoms with E-state index < -0.39 is 0 Å². The SMILES string of the molecule is CN(C(=O)C1CC1)c1ccccc1C(=O)NCC(=O)N1CCN(c2ccc(Cl)cc2)CC1. The predicted octanol–water partition coefficient (Wildman–Crippen LogP) is 2.79. The smallest absolute Gasteiger partial charge is 0.253 e. The monoisotopic (exact) mass is 454 g/mol. The van der Waals surface area contributed by atoms with Crippen molar-refractivity contribution in [3.8, 4) is 0 Å². The van der Waals surface area contributed by atoms with Crippen LogP contribution in [-0.2, 0) is 9.59 Å². The Bertz CT molecular complexity index is 999. The first-order chi connectivity index (χ1) is 15.4. The minimum Gasteiger partial charge on any atom is -0.368 e. The van der Waals surface area contributed by atoms with Crippen LogP contribution in [0.4, 0.5) is 11.4 Å². The Morgan fingerprint density at radius 1 is 1.00 bits per heavy atom. The highest BCUT2D eigenvalue weighted by molar-refractivity contribution is 6.30. The summed E-state index contributed by atoms with van der Waals surface area (Å²) in [5.74, 6) is -0.387. The molecule has 2 fully saturated rings. The fourth-order valence-corrected chi connectivity index (χ4v) is 4.04. The Balaban J connectivity index is 1.30. The second-order valence-electron chi connectivity index (χ2n) is 8.22. The molecule has 0 atom stereocenters. The van der Waals surface area contributed by atoms with Gasteiger partial charge in [-0.1, -0.05) is 23.7 Å². The summed E-state index contributed by atoms with van der Waals surface area (Å²) in [6, 6.07) is 14.7. The lowest BCUT2D eigenvalue weighted by Crippen LogP contribution is -2.51. The van der Waals surface area contributed by atoms with Gasteiger partial charge in [0.15, 0.2) is 0 Å². The van der Waals surface area contributed by atoms with Crippen molar-refractivity contribution in [3.05, 3.63) is 59.1 Å². The van der Waals surface area contributed by atoms with Gasteiger partial charge in [0.05, 0.1) is 17.8 Å². The van der Waals surface area contributed by atoms with Crippen LogP contribution in [0, 0.1) is 5.92 Å². The largest absolute Gasteiger partial charge is 0.368 e. The minimum atomic E-state index is -0.357. The Kier molecular flexibility index (Phi) is 6.65. The number of anilines is 2. The first-order valence-corrected chi connectivity index (χ1v) is 11.2. The van der Waals surface area contributed by atoms with Crippen molar-refractivity contribution in [2.24, 2.45) is 5.92 Å². The molecule has 1 aliphatic heterocycles. The fraction of sp³-hybridized carbons (Fsp3) is 0.375. The second kappa shape index (κ2) is 9.61. The molecule has 1 N–H and O–H groups in total. The van der Waals surface area contributed by atoms with Crippen molar-refractivity contribution < 1.29 is 14.4 Å². The number of hydrogen-bond acceptors (Lipinski definition) is 4. The average Bonchev–Trinajstić information content (AvgIpc) is 3.67. The van der Waals surface area contributed by atoms with Crippen molar-refractivity contribution in [1.82, 2.24) is 10.2 Å². The number of benzene rings is 2. The van der Waals surface area contributed by atoms with Gasteiger partial charge in [0.2, 0.25) is 11.8 Å². The van der Waals surface area contributed by atoms with Crippen LogP contribution < -0.4 is 15.1 Å². The van der Waals surface area contributed by atoms with Crippen LogP contribution in [0.1, 0.15) is 23.2 Å². The van der Waals surface area contributed by atoms with E-state index in [1.807, 2.05) is 24.3 Å². The van der Waals surface area contributed by atoms with E-state index in [-0.39, 0.29) is 30.2 Å². The zero-order valence-corrected chi connectivity index (χ0v) is 18.8. The molecular formula is C24H27ClN4O3. The average molecular weight is 455 g/mol. The first-order valence-electron chi connectivity index (χ1n) is 10.9. The summed E-state index contributed by atoms with van der Waals surface area (Å²) in [5.41, 5.74) is 2.03. The number of piperazine rings is 1. The predicted molar refractivity (Wildman–Crippen MR) is 125 cm³/mol. The maximum absolute atomic E-state index is 12.8. The normalized spacial score (nSPS) is 15.9. The van der Waals surface area contributed by atoms with E-state index in [2.05, 4.69) is 10.2 Å². The van der Waals surface area contributed by atoms with E-state index >= 15 is 0 Å². The summed E-state index contributed by atoms with van der Waals surface area (Å²) in [6.07, 6.45) is 1.80. The van der Waals surface area contributed by atoms with Crippen molar-refractivity contribution in [1.29, 1.82) is 0 Å². The molecule has 2 aliphatic rings. The highest BCUT2D eigenvalue weighted by Crippen LogP contribution is 2.33. The highest BCUT2D eigenvalue weighted by Gasteiger charge is 2.33. The van der Waals surface area contributed by atoms with Crippen LogP contribution in [-0.4, -0.2) is 62.4 Å². The third-order valence-corrected chi connectivity index (χ3v) is 6.24. The van der Waals surface area contributed by atoms with Gasteiger partial charge in [-0.05, 0) is 49.2 Å². The number of nitrogens with one attached hydrogen (secondary N) is 1. The lowest BCUT2D eigenvalue weighted by atomic mass is 10.1. The quantitative estimate of drug-likeness (QED) is 0.728. The highest BCUT2D eigenvalue weighted by atomic mass is 35.5. The van der Waals surface area contributed by atoms with E-state index in [1.54, 1.807) is 41.1 Å². The fourth-order valence-electron chi connectivity index (χ4n) is 3.91. The molecular weight excluding hydrogens is 428 g/mol. The van der Waals surface area contributed by atoms with Crippen LogP contribution in [0.25, 0.3) is 0 Å². The van der Waals surface area contributed by atoms with Gasteiger partial charge >= 0.3 is 0 Å². The number of rotatable bonds is 6. The molecule has 3 amide bonds. The molecule has 0 radical (unpaired) electrons. The van der Waals surface area contributed by atoms with Crippen LogP contribution in [0.5, 0.6) is 0 Å². The number of hydrogen-bond donors (Lipinski definition) is 1. The number of carbonyl (C=O) groups excluding carboxylic acids is 3. The Hall–Kier alpha value is -3.06. The maximum Gasteiger partial charge on any atom is 0.253 e. The molecule has 2 aromatic rings. The van der Waals surface area contributed by atoms with Gasteiger partial charge < -0.3 is 20.0 Å². The molecule has 0 bridgehead atoms. The summed E-state index contributed by atoms with van der Waals surface area (Å²) in [5, 5.41) is 3.43. The van der Waals surface area contributed by atoms with Gasteiger partial charge in [0, 0.05) is 49.9 Å². The Morgan fingerprint density at radius 2 is 1.66 bits per heavy atom. The van der Waals surface area contributed by atoms with Gasteiger partial charge in [-0.3, -0.25) is 14.4 Å². The summed E-state index contributed by atoms with van der Waals surface area (Å²) >= 11 is 5.95. The zero-order chi connectivity index (χ0) is 22.7. The van der Waals surface area contributed by atoms with Crippen LogP contribution in [0.15, 0.2) is 48.5 Å². The third kappa shape index (κ3) is 5.05. The summed E-state index contributed by atoms with van der Waals surface area (Å²) in [6.45, 7) is 2.55. The molecule has 0 unspecified atom stereocenters. The zero-order valence-electron chi connectivity index (χ0n) is 18.1. The van der Waals surface area contributed by atoms with Crippen molar-refractivity contribution >= 4 is 40.7 Å². The standard InChI is InChI=1S/C24H27ClN4O3/c1-27(24(32)17-6-7-17)21-5-3-2-4-20(21)23(31)26-16-22(30)29-14-12-28(13-15-29)19-10-8-18(25)9-11-19/h2-5,8-11,17H,6-7,12-16H2,1H3,(H,26,31). The van der Waals surface area contributed by atoms with Crippen molar-refractivity contribution in [2.75, 3.05) is 49.6 Å². The molecule has 1 aliphatic carbocycles. The van der Waals surface area contributed by atoms with E-state index in [4.69, 9.17) is 11.6 Å². The van der Waals surface area contributed by atoms with E-state index in [0.717, 1.165) is 31.6 Å². The number of halogens is 1. The van der Waals surface area contributed by atoms with Crippen molar-refractivity contribution in [2.45, 2.75) is 12.8 Å². The van der Waals surface area contributed by atoms with Gasteiger partial charge in [-0.25, -0.2) is 0 Å². The molecule has 1 saturated carbocycles. The van der Waals surface area contributed by atoms with Gasteiger partial charge in [0.1, 0.15) is 0 Å². The Morgan fingerprint density at radius 3 is 2.31 bits per heavy atom. The second-order valence-corrected chi connectivity index (χ2v) is 8.65. The summed E-state index contributed by atoms with van der Waals surface area (Å²) in [7, 11) is 1.69. The first kappa shape index (κ1) is 22.1. The Labute approximate surface area is 192 Å². The van der Waals surface area contributed by atoms with Gasteiger partial charge in [-0.15, -0.1) is 0 Å². The molecule has 2 aromatic carbocycles. The molecule has 168 valence electrons. The molecule has 32 heavy (non-hydrogen) atoms. The topological polar surface area (TPSA) is 73.0 Å². The molecule has 8 heteroatoms. The molecule has 0 aromatic heterocycles. The minimum absolute atomic E-state index is 0.0277. The van der Waals surface area contributed by atoms with E-state index in [0.29, 0.717) is 29.4 Å². The van der Waals surface area contributed by atoms with Gasteiger partial charge in [0.25, 0.3) is 5.91 Å². The van der Waals surface area contributed by atoms with Crippen LogP contribution >= 0.6 is 11.6 Å². The number of para-hydroxylation sites is 1. The molecule has 7 nitrogen and oxygen atoms in total. The van der Waals surface area contributed by atoms with Crippen LogP contribution in [0.3, 0.4) is 0 Å². The third-order valence-electron chi connectivity index (χ3n) is 5.99. The number of carbonyl (C=O) groups is 3. The lowest BCUT2D eigenvalue weighted by Gasteiger charge is -2.36. The molecule has 1 saturated heterocycles. The summed E-state index contributed by atoms with van der Waals surface area (Å²) in [4.78, 5) is 43.4. The van der Waals surface area contributed by atoms with E-state index in [1.165, 1.54) is 0 Å². The number of nitrogens with zero attached hydrogens (tertiary/aromatic N) is 3. The molecule has 4 rings (SSSR count). The lowest BCUT2D eigenvalue weighted by molar-refractivity contribution is -0.130. The molecule has 1 heterocycles. The maximum atomic E-state index is 12.8. The van der Waals surface area contributed by atoms with Crippen LogP contribution in [0.2, 0.25) is 5.02 Å². The molecule has 0 spiro atoms. The number of amides is 3. The van der Waals surface area contributed by atoms with Crippen molar-refractivity contribution in [3.63, 3.8) is 0 Å². The van der Waals surface area contributed by atoms with E-state index in [9.17, 15) is 14.4 Å². The van der Waals surface area contributed by atoms with Gasteiger partial charge in [-0.2, -0.15) is 0 Å². The summed E-state index contributed by atoms with van der Waals surface area (Å²) < 4.78 is 0.